The van der Waals surface area contributed by atoms with E-state index in [1.54, 1.807) is 12.1 Å². The van der Waals surface area contributed by atoms with Crippen LogP contribution in [0.2, 0.25) is 0 Å². The number of anilines is 1. The summed E-state index contributed by atoms with van der Waals surface area (Å²) in [5.41, 5.74) is 3.26. The Morgan fingerprint density at radius 1 is 0.960 bits per heavy atom. The lowest BCUT2D eigenvalue weighted by molar-refractivity contribution is 0.0696. The summed E-state index contributed by atoms with van der Waals surface area (Å²) < 4.78 is 8.47. The van der Waals surface area contributed by atoms with Crippen molar-refractivity contribution in [1.29, 1.82) is 0 Å². The van der Waals surface area contributed by atoms with Crippen LogP contribution in [0.5, 0.6) is 5.75 Å². The van der Waals surface area contributed by atoms with E-state index in [0.29, 0.717) is 5.75 Å². The largest absolute Gasteiger partial charge is 0.495 e. The molecule has 126 valence electrons. The molecule has 0 saturated heterocycles. The van der Waals surface area contributed by atoms with Crippen LogP contribution in [0.15, 0.2) is 77.7 Å². The lowest BCUT2D eigenvalue weighted by Gasteiger charge is -2.11. The monoisotopic (exact) mass is 351 g/mol. The first-order chi connectivity index (χ1) is 12.2. The van der Waals surface area contributed by atoms with Crippen molar-refractivity contribution in [2.24, 2.45) is 0 Å². The number of rotatable bonds is 6. The van der Waals surface area contributed by atoms with Crippen molar-refractivity contribution in [3.8, 4) is 16.9 Å². The minimum Gasteiger partial charge on any atom is -0.495 e. The SMILES string of the molecule is COc1cc(C(=O)O)ccc1NSc1ccc(-c2ccccc2)cc1. The fraction of sp³-hybridized carbons (Fsp3) is 0.0500. The lowest BCUT2D eigenvalue weighted by atomic mass is 10.1. The molecule has 3 aromatic rings. The molecule has 0 spiro atoms. The molecule has 0 aliphatic heterocycles. The predicted octanol–water partition coefficient (Wildman–Crippen LogP) is 5.18. The number of methoxy groups -OCH3 is 1. The molecule has 2 N–H and O–H groups in total. The molecule has 0 aliphatic carbocycles. The van der Waals surface area contributed by atoms with Gasteiger partial charge in [0.1, 0.15) is 5.75 Å². The van der Waals surface area contributed by atoms with E-state index >= 15 is 0 Å². The molecule has 0 aliphatic rings. The van der Waals surface area contributed by atoms with Crippen LogP contribution in [0.25, 0.3) is 11.1 Å². The number of benzene rings is 3. The number of ether oxygens (including phenoxy) is 1. The molecule has 3 aromatic carbocycles. The molecule has 0 atom stereocenters. The van der Waals surface area contributed by atoms with Crippen LogP contribution >= 0.6 is 11.9 Å². The Morgan fingerprint density at radius 3 is 2.28 bits per heavy atom. The zero-order valence-corrected chi connectivity index (χ0v) is 14.4. The molecule has 0 fully saturated rings. The van der Waals surface area contributed by atoms with Gasteiger partial charge in [0.25, 0.3) is 0 Å². The highest BCUT2D eigenvalue weighted by Crippen LogP contribution is 2.31. The van der Waals surface area contributed by atoms with Gasteiger partial charge in [-0.3, -0.25) is 0 Å². The maximum Gasteiger partial charge on any atom is 0.335 e. The summed E-state index contributed by atoms with van der Waals surface area (Å²) in [5, 5.41) is 9.04. The molecule has 0 amide bonds. The van der Waals surface area contributed by atoms with Crippen LogP contribution in [0.4, 0.5) is 5.69 Å². The first-order valence-corrected chi connectivity index (χ1v) is 8.48. The lowest BCUT2D eigenvalue weighted by Crippen LogP contribution is -1.99. The quantitative estimate of drug-likeness (QED) is 0.599. The van der Waals surface area contributed by atoms with Gasteiger partial charge in [0.05, 0.1) is 18.4 Å². The molecule has 0 aromatic heterocycles. The van der Waals surface area contributed by atoms with Crippen molar-refractivity contribution in [2.45, 2.75) is 4.90 Å². The molecule has 0 radical (unpaired) electrons. The molecular formula is C20H17NO3S. The van der Waals surface area contributed by atoms with E-state index in [1.165, 1.54) is 30.7 Å². The molecule has 3 rings (SSSR count). The third-order valence-electron chi connectivity index (χ3n) is 3.69. The standard InChI is InChI=1S/C20H17NO3S/c1-24-19-13-16(20(22)23)9-12-18(19)21-25-17-10-7-15(8-11-17)14-5-3-2-4-6-14/h2-13,21H,1H3,(H,22,23). The smallest absolute Gasteiger partial charge is 0.335 e. The summed E-state index contributed by atoms with van der Waals surface area (Å²) in [6, 6.07) is 23.2. The Hall–Kier alpha value is -2.92. The summed E-state index contributed by atoms with van der Waals surface area (Å²) in [4.78, 5) is 12.1. The van der Waals surface area contributed by atoms with E-state index in [2.05, 4.69) is 29.0 Å². The maximum atomic E-state index is 11.0. The molecule has 0 saturated carbocycles. The first kappa shape index (κ1) is 16.9. The number of aromatic carboxylic acids is 1. The Labute approximate surface area is 150 Å². The summed E-state index contributed by atoms with van der Waals surface area (Å²) in [5.74, 6) is -0.484. The molecule has 0 bridgehead atoms. The van der Waals surface area contributed by atoms with Crippen molar-refractivity contribution >= 4 is 23.6 Å². The average molecular weight is 351 g/mol. The molecule has 5 heteroatoms. The topological polar surface area (TPSA) is 58.6 Å². The molecule has 0 heterocycles. The third kappa shape index (κ3) is 4.14. The fourth-order valence-corrected chi connectivity index (χ4v) is 3.04. The fourth-order valence-electron chi connectivity index (χ4n) is 2.37. The van der Waals surface area contributed by atoms with Crippen LogP contribution in [0.1, 0.15) is 10.4 Å². The number of nitrogens with one attached hydrogen (secondary N) is 1. The van der Waals surface area contributed by atoms with Gasteiger partial charge in [0.2, 0.25) is 0 Å². The van der Waals surface area contributed by atoms with Gasteiger partial charge in [0.15, 0.2) is 0 Å². The van der Waals surface area contributed by atoms with E-state index < -0.39 is 5.97 Å². The molecule has 25 heavy (non-hydrogen) atoms. The van der Waals surface area contributed by atoms with Crippen LogP contribution in [0.3, 0.4) is 0 Å². The second-order valence-electron chi connectivity index (χ2n) is 5.31. The summed E-state index contributed by atoms with van der Waals surface area (Å²) in [6.07, 6.45) is 0. The number of hydrogen-bond donors (Lipinski definition) is 2. The molecule has 4 nitrogen and oxygen atoms in total. The average Bonchev–Trinajstić information content (AvgIpc) is 2.67. The number of carbonyl (C=O) groups is 1. The van der Waals surface area contributed by atoms with Crippen LogP contribution in [-0.4, -0.2) is 18.2 Å². The molecular weight excluding hydrogens is 334 g/mol. The maximum absolute atomic E-state index is 11.0. The van der Waals surface area contributed by atoms with E-state index in [-0.39, 0.29) is 5.56 Å². The van der Waals surface area contributed by atoms with Crippen molar-refractivity contribution < 1.29 is 14.6 Å². The predicted molar refractivity (Wildman–Crippen MR) is 101 cm³/mol. The normalized spacial score (nSPS) is 10.3. The van der Waals surface area contributed by atoms with Crippen molar-refractivity contribution in [1.82, 2.24) is 0 Å². The number of hydrogen-bond acceptors (Lipinski definition) is 4. The van der Waals surface area contributed by atoms with Gasteiger partial charge < -0.3 is 14.6 Å². The zero-order chi connectivity index (χ0) is 17.6. The Kier molecular flexibility index (Phi) is 5.26. The Morgan fingerprint density at radius 2 is 1.64 bits per heavy atom. The van der Waals surface area contributed by atoms with E-state index in [4.69, 9.17) is 9.84 Å². The van der Waals surface area contributed by atoms with Crippen molar-refractivity contribution in [2.75, 3.05) is 11.8 Å². The minimum absolute atomic E-state index is 0.194. The van der Waals surface area contributed by atoms with Crippen LogP contribution < -0.4 is 9.46 Å². The van der Waals surface area contributed by atoms with Crippen molar-refractivity contribution in [3.63, 3.8) is 0 Å². The van der Waals surface area contributed by atoms with Gasteiger partial charge in [0, 0.05) is 4.90 Å². The van der Waals surface area contributed by atoms with Crippen LogP contribution in [0, 0.1) is 0 Å². The highest BCUT2D eigenvalue weighted by molar-refractivity contribution is 8.00. The number of carboxylic acids is 1. The summed E-state index contributed by atoms with van der Waals surface area (Å²) in [7, 11) is 1.52. The van der Waals surface area contributed by atoms with Gasteiger partial charge in [-0.05, 0) is 53.4 Å². The highest BCUT2D eigenvalue weighted by Gasteiger charge is 2.09. The van der Waals surface area contributed by atoms with Crippen molar-refractivity contribution in [3.05, 3.63) is 78.4 Å². The van der Waals surface area contributed by atoms with Gasteiger partial charge in [-0.25, -0.2) is 4.79 Å². The highest BCUT2D eigenvalue weighted by atomic mass is 32.2. The Balaban J connectivity index is 1.70. The van der Waals surface area contributed by atoms with Gasteiger partial charge in [-0.2, -0.15) is 0 Å². The summed E-state index contributed by atoms with van der Waals surface area (Å²) in [6.45, 7) is 0. The van der Waals surface area contributed by atoms with Gasteiger partial charge in [-0.15, -0.1) is 0 Å². The second-order valence-corrected chi connectivity index (χ2v) is 6.19. The van der Waals surface area contributed by atoms with Crippen LogP contribution in [-0.2, 0) is 0 Å². The summed E-state index contributed by atoms with van der Waals surface area (Å²) >= 11 is 1.44. The zero-order valence-electron chi connectivity index (χ0n) is 13.6. The van der Waals surface area contributed by atoms with E-state index in [1.807, 2.05) is 30.3 Å². The first-order valence-electron chi connectivity index (χ1n) is 7.67. The number of carboxylic acid groups (broad SMARTS) is 1. The molecule has 0 unspecified atom stereocenters. The second kappa shape index (κ2) is 7.77. The Bertz CT molecular complexity index is 864. The minimum atomic E-state index is -0.978. The van der Waals surface area contributed by atoms with Gasteiger partial charge >= 0.3 is 5.97 Å². The van der Waals surface area contributed by atoms with E-state index in [9.17, 15) is 4.79 Å². The van der Waals surface area contributed by atoms with Gasteiger partial charge in [-0.1, -0.05) is 42.5 Å². The van der Waals surface area contributed by atoms with E-state index in [0.717, 1.165) is 16.1 Å². The third-order valence-corrected chi connectivity index (χ3v) is 4.52.